The van der Waals surface area contributed by atoms with Gasteiger partial charge in [0.2, 0.25) is 0 Å². The Morgan fingerprint density at radius 3 is 1.67 bits per heavy atom. The molecule has 0 radical (unpaired) electrons. The van der Waals surface area contributed by atoms with Crippen LogP contribution in [-0.2, 0) is 0 Å². The van der Waals surface area contributed by atoms with Gasteiger partial charge < -0.3 is 0 Å². The Bertz CT molecular complexity index is 151. The Labute approximate surface area is 56.6 Å². The van der Waals surface area contributed by atoms with Crippen molar-refractivity contribution in [1.29, 1.82) is 0 Å². The van der Waals surface area contributed by atoms with Crippen LogP contribution in [0.25, 0.3) is 0 Å². The van der Waals surface area contributed by atoms with Crippen LogP contribution in [0.1, 0.15) is 26.7 Å². The lowest BCUT2D eigenvalue weighted by Gasteiger charge is -1.92. The van der Waals surface area contributed by atoms with Crippen molar-refractivity contribution in [1.82, 2.24) is 0 Å². The van der Waals surface area contributed by atoms with Gasteiger partial charge in [-0.05, 0) is 41.9 Å². The molecule has 3 saturated carbocycles. The molecule has 3 unspecified atom stereocenters. The molecule has 0 aliphatic heterocycles. The van der Waals surface area contributed by atoms with E-state index in [4.69, 9.17) is 0 Å². The highest BCUT2D eigenvalue weighted by molar-refractivity contribution is 5.30. The zero-order valence-electron chi connectivity index (χ0n) is 6.22. The number of hydrogen-bond donors (Lipinski definition) is 0. The highest BCUT2D eigenvalue weighted by atomic mass is 14.9. The van der Waals surface area contributed by atoms with Crippen LogP contribution in [0.15, 0.2) is 0 Å². The van der Waals surface area contributed by atoms with Gasteiger partial charge in [-0.2, -0.15) is 0 Å². The SMILES string of the molecule is C[C@@H]1C2CCC3[C@H](C)C231. The molecule has 3 aliphatic carbocycles. The van der Waals surface area contributed by atoms with Gasteiger partial charge in [0.25, 0.3) is 0 Å². The molecule has 50 valence electrons. The third kappa shape index (κ3) is 0.264. The van der Waals surface area contributed by atoms with E-state index in [2.05, 4.69) is 13.8 Å². The van der Waals surface area contributed by atoms with E-state index >= 15 is 0 Å². The van der Waals surface area contributed by atoms with Crippen LogP contribution in [0.4, 0.5) is 0 Å². The lowest BCUT2D eigenvalue weighted by molar-refractivity contribution is 0.588. The molecule has 0 heteroatoms. The molecule has 0 aromatic carbocycles. The van der Waals surface area contributed by atoms with Crippen LogP contribution in [0.2, 0.25) is 0 Å². The number of rotatable bonds is 0. The van der Waals surface area contributed by atoms with Crippen LogP contribution in [0.3, 0.4) is 0 Å². The number of hydrogen-bond acceptors (Lipinski definition) is 0. The largest absolute Gasteiger partial charge is 0.0617 e. The summed E-state index contributed by atoms with van der Waals surface area (Å²) in [6.07, 6.45) is 3.13. The molecule has 0 saturated heterocycles. The summed E-state index contributed by atoms with van der Waals surface area (Å²) in [4.78, 5) is 0. The molecule has 0 heterocycles. The average Bonchev–Trinajstić information content (AvgIpc) is 2.60. The van der Waals surface area contributed by atoms with Crippen molar-refractivity contribution < 1.29 is 0 Å². The maximum Gasteiger partial charge on any atom is -0.0178 e. The Hall–Kier alpha value is 0. The summed E-state index contributed by atoms with van der Waals surface area (Å²) in [5.41, 5.74) is 0.944. The molecule has 0 bridgehead atoms. The molecular weight excluding hydrogens is 108 g/mol. The third-order valence-corrected chi connectivity index (χ3v) is 4.64. The van der Waals surface area contributed by atoms with Crippen molar-refractivity contribution in [2.75, 3.05) is 0 Å². The lowest BCUT2D eigenvalue weighted by atomic mass is 10.1. The van der Waals surface area contributed by atoms with Gasteiger partial charge in [0.15, 0.2) is 0 Å². The van der Waals surface area contributed by atoms with Crippen molar-refractivity contribution in [2.24, 2.45) is 29.1 Å². The van der Waals surface area contributed by atoms with Crippen molar-refractivity contribution >= 4 is 0 Å². The summed E-state index contributed by atoms with van der Waals surface area (Å²) < 4.78 is 0. The monoisotopic (exact) mass is 122 g/mol. The van der Waals surface area contributed by atoms with E-state index in [0.717, 1.165) is 17.3 Å². The molecule has 1 spiro atoms. The van der Waals surface area contributed by atoms with E-state index in [1.807, 2.05) is 0 Å². The van der Waals surface area contributed by atoms with Gasteiger partial charge in [-0.15, -0.1) is 0 Å². The van der Waals surface area contributed by atoms with Gasteiger partial charge in [0.05, 0.1) is 0 Å². The minimum absolute atomic E-state index is 0.944. The Balaban J connectivity index is 2.02. The van der Waals surface area contributed by atoms with Gasteiger partial charge in [0, 0.05) is 0 Å². The fraction of sp³-hybridized carbons (Fsp3) is 1.00. The minimum Gasteiger partial charge on any atom is -0.0617 e. The van der Waals surface area contributed by atoms with E-state index in [1.54, 1.807) is 12.8 Å². The smallest absolute Gasteiger partial charge is 0.0178 e. The quantitative estimate of drug-likeness (QED) is 0.462. The summed E-state index contributed by atoms with van der Waals surface area (Å²) in [6, 6.07) is 0. The van der Waals surface area contributed by atoms with Gasteiger partial charge >= 0.3 is 0 Å². The predicted molar refractivity (Wildman–Crippen MR) is 37.0 cm³/mol. The molecule has 3 aliphatic rings. The Kier molecular flexibility index (Phi) is 0.518. The second-order valence-corrected chi connectivity index (χ2v) is 4.37. The fourth-order valence-electron chi connectivity index (χ4n) is 4.14. The van der Waals surface area contributed by atoms with Crippen LogP contribution in [-0.4, -0.2) is 0 Å². The molecule has 0 aromatic heterocycles. The zero-order chi connectivity index (χ0) is 6.22. The lowest BCUT2D eigenvalue weighted by Crippen LogP contribution is -1.81. The summed E-state index contributed by atoms with van der Waals surface area (Å²) in [5.74, 6) is 4.59. The zero-order valence-corrected chi connectivity index (χ0v) is 6.22. The molecule has 9 heavy (non-hydrogen) atoms. The van der Waals surface area contributed by atoms with Gasteiger partial charge in [-0.1, -0.05) is 13.8 Å². The van der Waals surface area contributed by atoms with Gasteiger partial charge in [-0.3, -0.25) is 0 Å². The van der Waals surface area contributed by atoms with E-state index < -0.39 is 0 Å². The second kappa shape index (κ2) is 0.980. The van der Waals surface area contributed by atoms with E-state index in [1.165, 1.54) is 11.8 Å². The first kappa shape index (κ1) is 4.76. The van der Waals surface area contributed by atoms with Crippen LogP contribution < -0.4 is 0 Å². The minimum atomic E-state index is 0.944. The van der Waals surface area contributed by atoms with Crippen LogP contribution in [0.5, 0.6) is 0 Å². The van der Waals surface area contributed by atoms with E-state index in [9.17, 15) is 0 Å². The maximum absolute atomic E-state index is 2.46. The highest BCUT2D eigenvalue weighted by Crippen LogP contribution is 2.87. The van der Waals surface area contributed by atoms with Crippen molar-refractivity contribution in [3.8, 4) is 0 Å². The Morgan fingerprint density at radius 1 is 1.00 bits per heavy atom. The Morgan fingerprint density at radius 2 is 1.44 bits per heavy atom. The van der Waals surface area contributed by atoms with Gasteiger partial charge in [0.1, 0.15) is 0 Å². The molecule has 3 fully saturated rings. The third-order valence-electron chi connectivity index (χ3n) is 4.64. The van der Waals surface area contributed by atoms with Crippen molar-refractivity contribution in [2.45, 2.75) is 26.7 Å². The molecule has 0 amide bonds. The summed E-state index contributed by atoms with van der Waals surface area (Å²) in [5, 5.41) is 0. The van der Waals surface area contributed by atoms with Crippen LogP contribution >= 0.6 is 0 Å². The molecule has 3 rings (SSSR count). The van der Waals surface area contributed by atoms with Gasteiger partial charge in [-0.25, -0.2) is 0 Å². The standard InChI is InChI=1S/C9H14/c1-5-7-3-4-8-6(2)9(5,7)8/h5-8H,3-4H2,1-2H3/t5-,6+,7?,8?,9?. The van der Waals surface area contributed by atoms with Crippen LogP contribution in [0, 0.1) is 29.1 Å². The molecular formula is C9H14. The van der Waals surface area contributed by atoms with Crippen molar-refractivity contribution in [3.63, 3.8) is 0 Å². The van der Waals surface area contributed by atoms with E-state index in [-0.39, 0.29) is 0 Å². The predicted octanol–water partition coefficient (Wildman–Crippen LogP) is 2.30. The second-order valence-electron chi connectivity index (χ2n) is 4.37. The van der Waals surface area contributed by atoms with E-state index in [0.29, 0.717) is 0 Å². The summed E-state index contributed by atoms with van der Waals surface area (Å²) >= 11 is 0. The summed E-state index contributed by atoms with van der Waals surface area (Å²) in [7, 11) is 0. The first-order valence-electron chi connectivity index (χ1n) is 4.29. The average molecular weight is 122 g/mol. The van der Waals surface area contributed by atoms with Crippen molar-refractivity contribution in [3.05, 3.63) is 0 Å². The molecule has 5 atom stereocenters. The molecule has 0 nitrogen and oxygen atoms in total. The molecule has 0 N–H and O–H groups in total. The molecule has 0 aromatic rings. The maximum atomic E-state index is 2.46. The highest BCUT2D eigenvalue weighted by Gasteiger charge is 2.82. The normalized spacial score (nSPS) is 75.3. The fourth-order valence-corrected chi connectivity index (χ4v) is 4.14. The first-order valence-corrected chi connectivity index (χ1v) is 4.29. The first-order chi connectivity index (χ1) is 4.29. The summed E-state index contributed by atoms with van der Waals surface area (Å²) in [6.45, 7) is 4.92. The topological polar surface area (TPSA) is 0 Å².